The van der Waals surface area contributed by atoms with Crippen LogP contribution in [0, 0.1) is 0 Å². The van der Waals surface area contributed by atoms with Crippen LogP contribution in [0.1, 0.15) is 60.5 Å². The summed E-state index contributed by atoms with van der Waals surface area (Å²) in [4.78, 5) is 15.5. The standard InChI is InChI=1S/C24H30N2O5S/c1-30-20-12-7-17(8-13-20)21-6-4-3-5-15-26(21)24(27)18-9-14-22(31-2)23(16-18)32(28,29)25-19-10-11-19/h7-9,12-14,16,19,21,25H,3-6,10-11,15H2,1-2H3. The van der Waals surface area contributed by atoms with Crippen LogP contribution in [-0.4, -0.2) is 46.0 Å². The molecule has 2 aromatic rings. The van der Waals surface area contributed by atoms with E-state index in [1.54, 1.807) is 19.2 Å². The number of hydrogen-bond acceptors (Lipinski definition) is 5. The summed E-state index contributed by atoms with van der Waals surface area (Å²) in [6.07, 6.45) is 5.54. The molecular formula is C24H30N2O5S. The van der Waals surface area contributed by atoms with Crippen LogP contribution >= 0.6 is 0 Å². The zero-order valence-corrected chi connectivity index (χ0v) is 19.4. The summed E-state index contributed by atoms with van der Waals surface area (Å²) >= 11 is 0. The highest BCUT2D eigenvalue weighted by Gasteiger charge is 2.32. The molecule has 1 atom stereocenters. The van der Waals surface area contributed by atoms with Crippen molar-refractivity contribution in [2.75, 3.05) is 20.8 Å². The molecule has 1 saturated carbocycles. The van der Waals surface area contributed by atoms with Crippen molar-refractivity contribution in [3.63, 3.8) is 0 Å². The molecule has 1 N–H and O–H groups in total. The highest BCUT2D eigenvalue weighted by atomic mass is 32.2. The average Bonchev–Trinajstić information content (AvgIpc) is 3.64. The van der Waals surface area contributed by atoms with Crippen LogP contribution < -0.4 is 14.2 Å². The predicted molar refractivity (Wildman–Crippen MR) is 122 cm³/mol. The molecule has 172 valence electrons. The molecule has 0 radical (unpaired) electrons. The molecule has 2 aromatic carbocycles. The predicted octanol–water partition coefficient (Wildman–Crippen LogP) is 3.90. The quantitative estimate of drug-likeness (QED) is 0.680. The Labute approximate surface area is 189 Å². The monoisotopic (exact) mass is 458 g/mol. The Balaban J connectivity index is 1.66. The Hall–Kier alpha value is -2.58. The van der Waals surface area contributed by atoms with Gasteiger partial charge in [0.1, 0.15) is 16.4 Å². The van der Waals surface area contributed by atoms with Crippen LogP contribution in [0.5, 0.6) is 11.5 Å². The van der Waals surface area contributed by atoms with Gasteiger partial charge in [-0.15, -0.1) is 0 Å². The lowest BCUT2D eigenvalue weighted by molar-refractivity contribution is 0.0680. The third kappa shape index (κ3) is 4.91. The van der Waals surface area contributed by atoms with E-state index in [2.05, 4.69) is 4.72 Å². The molecule has 4 rings (SSSR count). The highest BCUT2D eigenvalue weighted by Crippen LogP contribution is 2.34. The lowest BCUT2D eigenvalue weighted by Crippen LogP contribution is -2.35. The third-order valence-corrected chi connectivity index (χ3v) is 7.66. The van der Waals surface area contributed by atoms with E-state index in [1.165, 1.54) is 13.2 Å². The maximum Gasteiger partial charge on any atom is 0.254 e. The minimum Gasteiger partial charge on any atom is -0.497 e. The van der Waals surface area contributed by atoms with Gasteiger partial charge in [-0.05, 0) is 61.6 Å². The average molecular weight is 459 g/mol. The number of nitrogens with one attached hydrogen (secondary N) is 1. The molecule has 1 heterocycles. The fourth-order valence-corrected chi connectivity index (χ4v) is 5.69. The Morgan fingerprint density at radius 1 is 0.969 bits per heavy atom. The molecule has 2 aliphatic rings. The van der Waals surface area contributed by atoms with Crippen LogP contribution in [0.4, 0.5) is 0 Å². The first-order chi connectivity index (χ1) is 15.4. The Morgan fingerprint density at radius 3 is 2.38 bits per heavy atom. The van der Waals surface area contributed by atoms with E-state index in [0.29, 0.717) is 12.1 Å². The smallest absolute Gasteiger partial charge is 0.254 e. The normalized spacial score (nSPS) is 19.3. The van der Waals surface area contributed by atoms with Crippen molar-refractivity contribution in [1.29, 1.82) is 0 Å². The van der Waals surface area contributed by atoms with Gasteiger partial charge in [0.25, 0.3) is 5.91 Å². The fourth-order valence-electron chi connectivity index (χ4n) is 4.19. The SMILES string of the molecule is COc1ccc(C2CCCCCN2C(=O)c2ccc(OC)c(S(=O)(=O)NC3CC3)c2)cc1. The molecule has 0 bridgehead atoms. The Kier molecular flexibility index (Phi) is 6.71. The molecule has 2 fully saturated rings. The van der Waals surface area contributed by atoms with Gasteiger partial charge in [-0.2, -0.15) is 0 Å². The van der Waals surface area contributed by atoms with Gasteiger partial charge in [0.15, 0.2) is 0 Å². The van der Waals surface area contributed by atoms with E-state index in [4.69, 9.17) is 9.47 Å². The lowest BCUT2D eigenvalue weighted by atomic mass is 10.00. The van der Waals surface area contributed by atoms with Gasteiger partial charge < -0.3 is 14.4 Å². The summed E-state index contributed by atoms with van der Waals surface area (Å²) in [5.74, 6) is 0.837. The highest BCUT2D eigenvalue weighted by molar-refractivity contribution is 7.89. The van der Waals surface area contributed by atoms with E-state index in [9.17, 15) is 13.2 Å². The Morgan fingerprint density at radius 2 is 1.72 bits per heavy atom. The van der Waals surface area contributed by atoms with Gasteiger partial charge in [-0.1, -0.05) is 25.0 Å². The summed E-state index contributed by atoms with van der Waals surface area (Å²) in [6.45, 7) is 0.629. The van der Waals surface area contributed by atoms with Crippen LogP contribution in [0.15, 0.2) is 47.4 Å². The number of methoxy groups -OCH3 is 2. The summed E-state index contributed by atoms with van der Waals surface area (Å²) in [5.41, 5.74) is 1.40. The molecule has 7 nitrogen and oxygen atoms in total. The number of sulfonamides is 1. The number of likely N-dealkylation sites (tertiary alicyclic amines) is 1. The van der Waals surface area contributed by atoms with Gasteiger partial charge in [0.2, 0.25) is 10.0 Å². The molecule has 1 amide bonds. The topological polar surface area (TPSA) is 84.9 Å². The molecule has 0 spiro atoms. The number of rotatable bonds is 7. The number of ether oxygens (including phenoxy) is 2. The zero-order chi connectivity index (χ0) is 22.7. The van der Waals surface area contributed by atoms with Crippen molar-refractivity contribution in [2.45, 2.75) is 55.5 Å². The number of amides is 1. The van der Waals surface area contributed by atoms with Crippen LogP contribution in [0.3, 0.4) is 0 Å². The van der Waals surface area contributed by atoms with Gasteiger partial charge in [-0.3, -0.25) is 4.79 Å². The van der Waals surface area contributed by atoms with Gasteiger partial charge >= 0.3 is 0 Å². The third-order valence-electron chi connectivity index (χ3n) is 6.11. The molecular weight excluding hydrogens is 428 g/mol. The van der Waals surface area contributed by atoms with Gasteiger partial charge in [0.05, 0.1) is 20.3 Å². The molecule has 32 heavy (non-hydrogen) atoms. The van der Waals surface area contributed by atoms with E-state index in [1.807, 2.05) is 29.2 Å². The number of benzene rings is 2. The van der Waals surface area contributed by atoms with Crippen molar-refractivity contribution < 1.29 is 22.7 Å². The fraction of sp³-hybridized carbons (Fsp3) is 0.458. The maximum absolute atomic E-state index is 13.6. The minimum absolute atomic E-state index is 0.00793. The first-order valence-electron chi connectivity index (χ1n) is 11.1. The van der Waals surface area contributed by atoms with Crippen molar-refractivity contribution in [2.24, 2.45) is 0 Å². The van der Waals surface area contributed by atoms with Gasteiger partial charge in [0, 0.05) is 18.2 Å². The first kappa shape index (κ1) is 22.6. The maximum atomic E-state index is 13.6. The van der Waals surface area contributed by atoms with Crippen molar-refractivity contribution >= 4 is 15.9 Å². The van der Waals surface area contributed by atoms with Crippen LogP contribution in [0.25, 0.3) is 0 Å². The number of carbonyl (C=O) groups is 1. The lowest BCUT2D eigenvalue weighted by Gasteiger charge is -2.31. The minimum atomic E-state index is -3.77. The second kappa shape index (κ2) is 9.50. The summed E-state index contributed by atoms with van der Waals surface area (Å²) in [6, 6.07) is 12.4. The van der Waals surface area contributed by atoms with E-state index >= 15 is 0 Å². The van der Waals surface area contributed by atoms with E-state index in [0.717, 1.165) is 49.8 Å². The largest absolute Gasteiger partial charge is 0.497 e. The van der Waals surface area contributed by atoms with E-state index < -0.39 is 10.0 Å². The van der Waals surface area contributed by atoms with Crippen molar-refractivity contribution in [3.8, 4) is 11.5 Å². The zero-order valence-electron chi connectivity index (χ0n) is 18.5. The van der Waals surface area contributed by atoms with Crippen molar-refractivity contribution in [1.82, 2.24) is 9.62 Å². The molecule has 8 heteroatoms. The van der Waals surface area contributed by atoms with Crippen LogP contribution in [0.2, 0.25) is 0 Å². The second-order valence-electron chi connectivity index (χ2n) is 8.40. The summed E-state index contributed by atoms with van der Waals surface area (Å²) in [5, 5.41) is 0. The van der Waals surface area contributed by atoms with Crippen LogP contribution in [-0.2, 0) is 10.0 Å². The molecule has 1 aliphatic heterocycles. The number of nitrogens with zero attached hydrogens (tertiary/aromatic N) is 1. The summed E-state index contributed by atoms with van der Waals surface area (Å²) in [7, 11) is -0.706. The number of hydrogen-bond donors (Lipinski definition) is 1. The van der Waals surface area contributed by atoms with Gasteiger partial charge in [-0.25, -0.2) is 13.1 Å². The first-order valence-corrected chi connectivity index (χ1v) is 12.6. The molecule has 0 aromatic heterocycles. The number of carbonyl (C=O) groups excluding carboxylic acids is 1. The molecule has 1 saturated heterocycles. The molecule has 1 aliphatic carbocycles. The Bertz CT molecular complexity index is 1060. The molecule has 1 unspecified atom stereocenters. The van der Waals surface area contributed by atoms with Crippen molar-refractivity contribution in [3.05, 3.63) is 53.6 Å². The van der Waals surface area contributed by atoms with E-state index in [-0.39, 0.29) is 28.6 Å². The summed E-state index contributed by atoms with van der Waals surface area (Å²) < 4.78 is 39.0. The second-order valence-corrected chi connectivity index (χ2v) is 10.1.